The van der Waals surface area contributed by atoms with Crippen molar-refractivity contribution < 1.29 is 17.6 Å². The predicted molar refractivity (Wildman–Crippen MR) is 92.9 cm³/mol. The van der Waals surface area contributed by atoms with Crippen LogP contribution in [0.2, 0.25) is 0 Å². The van der Waals surface area contributed by atoms with Gasteiger partial charge in [-0.15, -0.1) is 10.2 Å². The highest BCUT2D eigenvalue weighted by Crippen LogP contribution is 2.23. The quantitative estimate of drug-likeness (QED) is 0.200. The summed E-state index contributed by atoms with van der Waals surface area (Å²) in [5.74, 6) is -3.25. The van der Waals surface area contributed by atoms with Gasteiger partial charge in [-0.2, -0.15) is 0 Å². The molecule has 10 heteroatoms. The van der Waals surface area contributed by atoms with E-state index in [1.807, 2.05) is 0 Å². The van der Waals surface area contributed by atoms with Crippen molar-refractivity contribution in [1.29, 1.82) is 0 Å². The fraction of sp³-hybridized carbons (Fsp3) is 0. The first-order chi connectivity index (χ1) is 11.2. The van der Waals surface area contributed by atoms with Gasteiger partial charge in [-0.25, -0.2) is 17.6 Å². The summed E-state index contributed by atoms with van der Waals surface area (Å²) in [5.41, 5.74) is -0.735. The van der Waals surface area contributed by atoms with Crippen molar-refractivity contribution in [2.45, 2.75) is 0 Å². The Morgan fingerprint density at radius 3 is 1.33 bits per heavy atom. The molecule has 0 heterocycles. The highest BCUT2D eigenvalue weighted by Gasteiger charge is 2.14. The van der Waals surface area contributed by atoms with Crippen molar-refractivity contribution in [2.75, 3.05) is 0 Å². The number of nitrogens with zero attached hydrogens (tertiary/aromatic N) is 2. The van der Waals surface area contributed by atoms with E-state index in [1.54, 1.807) is 0 Å². The third-order valence-corrected chi connectivity index (χ3v) is 4.46. The van der Waals surface area contributed by atoms with E-state index >= 15 is 0 Å². The summed E-state index contributed by atoms with van der Waals surface area (Å²) in [6.07, 6.45) is 0. The molecule has 0 aliphatic rings. The van der Waals surface area contributed by atoms with Crippen LogP contribution >= 0.6 is 55.1 Å². The van der Waals surface area contributed by atoms with Gasteiger partial charge in [0.05, 0.1) is 20.1 Å². The Labute approximate surface area is 160 Å². The zero-order chi connectivity index (χ0) is 18.0. The molecular formula is C14H4Br2Cl2F4N2. The fourth-order valence-electron chi connectivity index (χ4n) is 1.56. The van der Waals surface area contributed by atoms with E-state index in [-0.39, 0.29) is 20.1 Å². The molecule has 2 rings (SSSR count). The van der Waals surface area contributed by atoms with Gasteiger partial charge in [0.2, 0.25) is 0 Å². The fourth-order valence-corrected chi connectivity index (χ4v) is 2.55. The molecule has 0 saturated carbocycles. The van der Waals surface area contributed by atoms with Gasteiger partial charge in [0, 0.05) is 0 Å². The number of rotatable bonds is 3. The van der Waals surface area contributed by atoms with Gasteiger partial charge >= 0.3 is 0 Å². The lowest BCUT2D eigenvalue weighted by Gasteiger charge is -2.03. The summed E-state index contributed by atoms with van der Waals surface area (Å²) in [4.78, 5) is 0. The molecule has 0 bridgehead atoms. The first-order valence-corrected chi connectivity index (χ1v) is 8.31. The molecule has 0 aromatic heterocycles. The van der Waals surface area contributed by atoms with E-state index in [0.29, 0.717) is 0 Å². The second-order valence-corrected chi connectivity index (χ2v) is 6.70. The van der Waals surface area contributed by atoms with Crippen LogP contribution in [0.3, 0.4) is 0 Å². The molecule has 0 radical (unpaired) electrons. The van der Waals surface area contributed by atoms with E-state index in [4.69, 9.17) is 23.2 Å². The summed E-state index contributed by atoms with van der Waals surface area (Å²) in [6, 6.07) is 3.32. The van der Waals surface area contributed by atoms with Crippen molar-refractivity contribution in [3.8, 4) is 0 Å². The molecule has 2 aromatic rings. The lowest BCUT2D eigenvalue weighted by atomic mass is 10.2. The summed E-state index contributed by atoms with van der Waals surface area (Å²) in [7, 11) is 0. The molecule has 0 aliphatic carbocycles. The Balaban J connectivity index is 2.40. The van der Waals surface area contributed by atoms with Crippen LogP contribution in [0.1, 0.15) is 11.1 Å². The maximum atomic E-state index is 13.7. The van der Waals surface area contributed by atoms with E-state index in [1.165, 1.54) is 0 Å². The summed E-state index contributed by atoms with van der Waals surface area (Å²) in [6.45, 7) is 0. The summed E-state index contributed by atoms with van der Waals surface area (Å²) < 4.78 is 54.1. The van der Waals surface area contributed by atoms with E-state index < -0.39 is 33.6 Å². The molecular weight excluding hydrogens is 503 g/mol. The van der Waals surface area contributed by atoms with E-state index in [9.17, 15) is 17.6 Å². The Morgan fingerprint density at radius 1 is 0.667 bits per heavy atom. The van der Waals surface area contributed by atoms with Crippen LogP contribution in [0.5, 0.6) is 0 Å². The largest absolute Gasteiger partial charge is 0.206 e. The Kier molecular flexibility index (Phi) is 6.41. The molecule has 0 amide bonds. The van der Waals surface area contributed by atoms with Crippen LogP contribution in [0.25, 0.3) is 0 Å². The average molecular weight is 507 g/mol. The molecule has 2 nitrogen and oxygen atoms in total. The molecule has 126 valence electrons. The van der Waals surface area contributed by atoms with Crippen molar-refractivity contribution in [3.63, 3.8) is 0 Å². The molecule has 0 fully saturated rings. The van der Waals surface area contributed by atoms with Gasteiger partial charge in [0.25, 0.3) is 0 Å². The maximum Gasteiger partial charge on any atom is 0.161 e. The normalized spacial score (nSPS) is 12.7. The van der Waals surface area contributed by atoms with Gasteiger partial charge in [0.15, 0.2) is 10.3 Å². The third-order valence-electron chi connectivity index (χ3n) is 2.69. The van der Waals surface area contributed by atoms with E-state index in [0.717, 1.165) is 24.3 Å². The standard InChI is InChI=1S/C14H4Br2Cl2F4N2/c15-7-3-9(19)5(1-11(7)21)13(17)23-24-14(18)6-2-12(22)8(16)4-10(6)20/h1-4H. The first kappa shape index (κ1) is 19.4. The number of hydrogen-bond acceptors (Lipinski definition) is 2. The van der Waals surface area contributed by atoms with Gasteiger partial charge < -0.3 is 0 Å². The minimum Gasteiger partial charge on any atom is -0.206 e. The lowest BCUT2D eigenvalue weighted by Crippen LogP contribution is -2.00. The molecule has 0 saturated heterocycles. The highest BCUT2D eigenvalue weighted by atomic mass is 79.9. The average Bonchev–Trinajstić information content (AvgIpc) is 2.51. The summed E-state index contributed by atoms with van der Waals surface area (Å²) >= 11 is 17.1. The topological polar surface area (TPSA) is 24.7 Å². The van der Waals surface area contributed by atoms with Crippen LogP contribution in [0, 0.1) is 23.3 Å². The molecule has 0 unspecified atom stereocenters. The first-order valence-electron chi connectivity index (χ1n) is 5.97. The molecule has 0 aliphatic heterocycles. The third kappa shape index (κ3) is 4.36. The van der Waals surface area contributed by atoms with Gasteiger partial charge in [-0.1, -0.05) is 23.2 Å². The van der Waals surface area contributed by atoms with Crippen molar-refractivity contribution in [2.24, 2.45) is 10.2 Å². The molecule has 0 atom stereocenters. The highest BCUT2D eigenvalue weighted by molar-refractivity contribution is 9.10. The van der Waals surface area contributed by atoms with Crippen LogP contribution in [-0.4, -0.2) is 10.3 Å². The Morgan fingerprint density at radius 2 is 1.00 bits per heavy atom. The SMILES string of the molecule is Fc1cc(C(Cl)=NN=C(Cl)c2cc(F)c(Br)cc2F)c(F)cc1Br. The molecule has 0 N–H and O–H groups in total. The zero-order valence-electron chi connectivity index (χ0n) is 11.2. The lowest BCUT2D eigenvalue weighted by molar-refractivity contribution is 0.592. The zero-order valence-corrected chi connectivity index (χ0v) is 15.9. The maximum absolute atomic E-state index is 13.7. The Hall–Kier alpha value is -0.960. The number of hydrogen-bond donors (Lipinski definition) is 0. The van der Waals surface area contributed by atoms with E-state index in [2.05, 4.69) is 42.1 Å². The van der Waals surface area contributed by atoms with Crippen LogP contribution in [-0.2, 0) is 0 Å². The Bertz CT molecular complexity index is 801. The monoisotopic (exact) mass is 504 g/mol. The van der Waals surface area contributed by atoms with Crippen molar-refractivity contribution in [1.82, 2.24) is 0 Å². The van der Waals surface area contributed by atoms with Crippen LogP contribution in [0.15, 0.2) is 43.4 Å². The van der Waals surface area contributed by atoms with Gasteiger partial charge in [-0.05, 0) is 56.1 Å². The second-order valence-electron chi connectivity index (χ2n) is 4.27. The molecule has 2 aromatic carbocycles. The minimum absolute atomic E-state index is 0.0952. The smallest absolute Gasteiger partial charge is 0.161 e. The summed E-state index contributed by atoms with van der Waals surface area (Å²) in [5, 5.41) is 5.78. The molecule has 24 heavy (non-hydrogen) atoms. The van der Waals surface area contributed by atoms with Crippen molar-refractivity contribution in [3.05, 3.63) is 67.6 Å². The minimum atomic E-state index is -0.857. The molecule has 0 spiro atoms. The van der Waals surface area contributed by atoms with Crippen molar-refractivity contribution >= 4 is 65.4 Å². The van der Waals surface area contributed by atoms with Crippen LogP contribution < -0.4 is 0 Å². The van der Waals surface area contributed by atoms with Gasteiger partial charge in [0.1, 0.15) is 23.3 Å². The van der Waals surface area contributed by atoms with Crippen LogP contribution in [0.4, 0.5) is 17.6 Å². The van der Waals surface area contributed by atoms with Gasteiger partial charge in [-0.3, -0.25) is 0 Å². The number of halogens is 8. The predicted octanol–water partition coefficient (Wildman–Crippen LogP) is 6.35. The second kappa shape index (κ2) is 7.95. The number of benzene rings is 2.